The van der Waals surface area contributed by atoms with Gasteiger partial charge in [0, 0.05) is 51.5 Å². The molecule has 1 aliphatic rings. The van der Waals surface area contributed by atoms with Crippen LogP contribution in [0.15, 0.2) is 78.0 Å². The molecule has 1 unspecified atom stereocenters. The summed E-state index contributed by atoms with van der Waals surface area (Å²) in [5.74, 6) is 2.82. The van der Waals surface area contributed by atoms with Gasteiger partial charge < -0.3 is 14.8 Å². The van der Waals surface area contributed by atoms with Gasteiger partial charge in [-0.15, -0.1) is 0 Å². The van der Waals surface area contributed by atoms with Crippen molar-refractivity contribution < 1.29 is 0 Å². The third-order valence-corrected chi connectivity index (χ3v) is 5.88. The number of benzene rings is 2. The Morgan fingerprint density at radius 2 is 1.81 bits per heavy atom. The Labute approximate surface area is 185 Å². The van der Waals surface area contributed by atoms with Crippen molar-refractivity contribution in [3.8, 4) is 0 Å². The molecule has 0 aliphatic carbocycles. The third-order valence-electron chi connectivity index (χ3n) is 5.88. The molecular formula is C26H33N5. The molecule has 0 radical (unpaired) electrons. The molecule has 2 aromatic carbocycles. The standard InChI is InChI=1S/C26H33N5/c1-2-27-26(31-17-14-24(21-31)19-22-9-5-3-6-10-22)29-15-13-25-28-16-18-30(25)20-23-11-7-4-8-12-23/h3-12,16,18,24H,2,13-15,17,19-21H2,1H3,(H,27,29). The molecule has 1 atom stereocenters. The molecule has 1 N–H and O–H groups in total. The van der Waals surface area contributed by atoms with Crippen LogP contribution in [0, 0.1) is 5.92 Å². The van der Waals surface area contributed by atoms with Gasteiger partial charge in [-0.1, -0.05) is 60.7 Å². The predicted molar refractivity (Wildman–Crippen MR) is 127 cm³/mol. The SMILES string of the molecule is CCNC(=NCCc1nccn1Cc1ccccc1)N1CCC(Cc2ccccc2)C1. The molecule has 1 fully saturated rings. The molecule has 0 amide bonds. The number of guanidine groups is 1. The summed E-state index contributed by atoms with van der Waals surface area (Å²) in [4.78, 5) is 11.9. The lowest BCUT2D eigenvalue weighted by Gasteiger charge is -2.21. The Morgan fingerprint density at radius 3 is 2.55 bits per heavy atom. The van der Waals surface area contributed by atoms with Crippen LogP contribution in [0.5, 0.6) is 0 Å². The van der Waals surface area contributed by atoms with Crippen molar-refractivity contribution in [3.05, 3.63) is 90.0 Å². The zero-order valence-electron chi connectivity index (χ0n) is 18.5. The summed E-state index contributed by atoms with van der Waals surface area (Å²) in [5.41, 5.74) is 2.72. The highest BCUT2D eigenvalue weighted by Crippen LogP contribution is 2.21. The van der Waals surface area contributed by atoms with Gasteiger partial charge in [0.2, 0.25) is 0 Å². The topological polar surface area (TPSA) is 45.5 Å². The van der Waals surface area contributed by atoms with Crippen LogP contribution in [0.1, 0.15) is 30.3 Å². The highest BCUT2D eigenvalue weighted by molar-refractivity contribution is 5.80. The number of nitrogens with zero attached hydrogens (tertiary/aromatic N) is 4. The van der Waals surface area contributed by atoms with E-state index >= 15 is 0 Å². The Balaban J connectivity index is 1.33. The van der Waals surface area contributed by atoms with E-state index < -0.39 is 0 Å². The third kappa shape index (κ3) is 5.97. The molecular weight excluding hydrogens is 382 g/mol. The first-order valence-electron chi connectivity index (χ1n) is 11.4. The van der Waals surface area contributed by atoms with Crippen molar-refractivity contribution in [1.82, 2.24) is 19.8 Å². The van der Waals surface area contributed by atoms with Crippen molar-refractivity contribution in [2.75, 3.05) is 26.2 Å². The van der Waals surface area contributed by atoms with Crippen LogP contribution in [-0.2, 0) is 19.4 Å². The molecule has 2 heterocycles. The van der Waals surface area contributed by atoms with Gasteiger partial charge in [-0.3, -0.25) is 4.99 Å². The minimum atomic E-state index is 0.691. The minimum absolute atomic E-state index is 0.691. The van der Waals surface area contributed by atoms with Crippen LogP contribution >= 0.6 is 0 Å². The molecule has 1 aromatic heterocycles. The Bertz CT molecular complexity index is 948. The van der Waals surface area contributed by atoms with Gasteiger partial charge in [0.05, 0.1) is 0 Å². The van der Waals surface area contributed by atoms with Gasteiger partial charge in [-0.25, -0.2) is 4.98 Å². The largest absolute Gasteiger partial charge is 0.357 e. The predicted octanol–water partition coefficient (Wildman–Crippen LogP) is 4.00. The summed E-state index contributed by atoms with van der Waals surface area (Å²) in [6.45, 7) is 6.78. The van der Waals surface area contributed by atoms with E-state index in [1.807, 2.05) is 6.20 Å². The smallest absolute Gasteiger partial charge is 0.193 e. The number of nitrogens with one attached hydrogen (secondary N) is 1. The molecule has 0 saturated carbocycles. The van der Waals surface area contributed by atoms with Crippen LogP contribution < -0.4 is 5.32 Å². The number of rotatable bonds is 8. The van der Waals surface area contributed by atoms with E-state index in [1.165, 1.54) is 17.5 Å². The van der Waals surface area contributed by atoms with Crippen LogP contribution in [0.2, 0.25) is 0 Å². The number of hydrogen-bond donors (Lipinski definition) is 1. The maximum Gasteiger partial charge on any atom is 0.193 e. The zero-order valence-corrected chi connectivity index (χ0v) is 18.5. The molecule has 1 aliphatic heterocycles. The Morgan fingerprint density at radius 1 is 1.06 bits per heavy atom. The summed E-state index contributed by atoms with van der Waals surface area (Å²) < 4.78 is 2.23. The molecule has 1 saturated heterocycles. The first kappa shape index (κ1) is 21.2. The van der Waals surface area contributed by atoms with E-state index in [0.29, 0.717) is 5.92 Å². The maximum absolute atomic E-state index is 4.94. The monoisotopic (exact) mass is 415 g/mol. The van der Waals surface area contributed by atoms with Crippen molar-refractivity contribution in [2.45, 2.75) is 32.7 Å². The fourth-order valence-corrected chi connectivity index (χ4v) is 4.32. The summed E-state index contributed by atoms with van der Waals surface area (Å²) in [6, 6.07) is 21.4. The van der Waals surface area contributed by atoms with Gasteiger partial charge in [-0.2, -0.15) is 0 Å². The Hall–Kier alpha value is -3.08. The van der Waals surface area contributed by atoms with Crippen molar-refractivity contribution in [1.29, 1.82) is 0 Å². The number of hydrogen-bond acceptors (Lipinski definition) is 2. The second-order valence-corrected chi connectivity index (χ2v) is 8.23. The fourth-order valence-electron chi connectivity index (χ4n) is 4.32. The van der Waals surface area contributed by atoms with Crippen LogP contribution in [0.25, 0.3) is 0 Å². The molecule has 0 bridgehead atoms. The van der Waals surface area contributed by atoms with Gasteiger partial charge in [0.15, 0.2) is 5.96 Å². The van der Waals surface area contributed by atoms with Gasteiger partial charge in [0.1, 0.15) is 5.82 Å². The summed E-state index contributed by atoms with van der Waals surface area (Å²) in [7, 11) is 0. The van der Waals surface area contributed by atoms with E-state index in [-0.39, 0.29) is 0 Å². The highest BCUT2D eigenvalue weighted by Gasteiger charge is 2.24. The molecule has 5 heteroatoms. The lowest BCUT2D eigenvalue weighted by molar-refractivity contribution is 0.460. The van der Waals surface area contributed by atoms with Gasteiger partial charge in [0.25, 0.3) is 0 Å². The zero-order chi connectivity index (χ0) is 21.3. The number of aromatic nitrogens is 2. The molecule has 3 aromatic rings. The minimum Gasteiger partial charge on any atom is -0.357 e. The van der Waals surface area contributed by atoms with E-state index in [4.69, 9.17) is 4.99 Å². The first-order valence-corrected chi connectivity index (χ1v) is 11.4. The maximum atomic E-state index is 4.94. The fraction of sp³-hybridized carbons (Fsp3) is 0.385. The molecule has 5 nitrogen and oxygen atoms in total. The summed E-state index contributed by atoms with van der Waals surface area (Å²) in [5, 5.41) is 3.49. The van der Waals surface area contributed by atoms with E-state index in [2.05, 4.69) is 93.6 Å². The summed E-state index contributed by atoms with van der Waals surface area (Å²) >= 11 is 0. The molecule has 0 spiro atoms. The number of likely N-dealkylation sites (tertiary alicyclic amines) is 1. The average molecular weight is 416 g/mol. The van der Waals surface area contributed by atoms with E-state index in [1.54, 1.807) is 0 Å². The molecule has 4 rings (SSSR count). The number of aliphatic imine (C=N–C) groups is 1. The highest BCUT2D eigenvalue weighted by atomic mass is 15.3. The second-order valence-electron chi connectivity index (χ2n) is 8.23. The first-order chi connectivity index (χ1) is 15.3. The molecule has 162 valence electrons. The van der Waals surface area contributed by atoms with E-state index in [0.717, 1.165) is 57.3 Å². The number of imidazole rings is 1. The lowest BCUT2D eigenvalue weighted by atomic mass is 9.99. The van der Waals surface area contributed by atoms with Crippen LogP contribution in [0.4, 0.5) is 0 Å². The van der Waals surface area contributed by atoms with Gasteiger partial charge >= 0.3 is 0 Å². The lowest BCUT2D eigenvalue weighted by Crippen LogP contribution is -2.40. The van der Waals surface area contributed by atoms with Crippen molar-refractivity contribution >= 4 is 5.96 Å². The Kier molecular flexibility index (Phi) is 7.37. The van der Waals surface area contributed by atoms with Gasteiger partial charge in [-0.05, 0) is 36.8 Å². The normalized spacial score (nSPS) is 16.6. The van der Waals surface area contributed by atoms with E-state index in [9.17, 15) is 0 Å². The molecule has 31 heavy (non-hydrogen) atoms. The average Bonchev–Trinajstić information content (AvgIpc) is 3.44. The van der Waals surface area contributed by atoms with Crippen LogP contribution in [-0.4, -0.2) is 46.6 Å². The quantitative estimate of drug-likeness (QED) is 0.447. The van der Waals surface area contributed by atoms with Crippen molar-refractivity contribution in [3.63, 3.8) is 0 Å². The second kappa shape index (κ2) is 10.8. The summed E-state index contributed by atoms with van der Waals surface area (Å²) in [6.07, 6.45) is 7.16. The van der Waals surface area contributed by atoms with Crippen LogP contribution in [0.3, 0.4) is 0 Å². The van der Waals surface area contributed by atoms with Crippen molar-refractivity contribution in [2.24, 2.45) is 10.9 Å².